The molecular formula is C22H19N5. The molecular weight excluding hydrogens is 334 g/mol. The molecule has 0 radical (unpaired) electrons. The molecule has 0 amide bonds. The van der Waals surface area contributed by atoms with E-state index in [0.29, 0.717) is 0 Å². The second-order valence-corrected chi connectivity index (χ2v) is 7.00. The Kier molecular flexibility index (Phi) is 3.37. The van der Waals surface area contributed by atoms with Crippen molar-refractivity contribution in [3.05, 3.63) is 65.7 Å². The lowest BCUT2D eigenvalue weighted by Gasteiger charge is -2.02. The smallest absolute Gasteiger partial charge is 0.140 e. The molecule has 5 rings (SSSR count). The fraction of sp³-hybridized carbons (Fsp3) is 0.136. The minimum absolute atomic E-state index is 0.845. The van der Waals surface area contributed by atoms with Crippen molar-refractivity contribution in [1.29, 1.82) is 0 Å². The second kappa shape index (κ2) is 5.77. The van der Waals surface area contributed by atoms with Gasteiger partial charge in [-0.25, -0.2) is 9.97 Å². The number of nitrogens with one attached hydrogen (secondary N) is 2. The van der Waals surface area contributed by atoms with Gasteiger partial charge < -0.3 is 9.97 Å². The predicted octanol–water partition coefficient (Wildman–Crippen LogP) is 5.09. The lowest BCUT2D eigenvalue weighted by atomic mass is 10.0. The Balaban J connectivity index is 1.59. The molecule has 0 spiro atoms. The number of hydrogen-bond donors (Lipinski definition) is 2. The number of nitrogens with zero attached hydrogens (tertiary/aromatic N) is 3. The Bertz CT molecular complexity index is 1310. The molecule has 5 aromatic rings. The Hall–Kier alpha value is -3.47. The van der Waals surface area contributed by atoms with Crippen LogP contribution in [0.5, 0.6) is 0 Å². The highest BCUT2D eigenvalue weighted by Gasteiger charge is 2.09. The van der Waals surface area contributed by atoms with E-state index in [0.717, 1.165) is 61.7 Å². The van der Waals surface area contributed by atoms with Crippen LogP contribution in [-0.4, -0.2) is 24.9 Å². The minimum Gasteiger partial charge on any atom is -0.342 e. The van der Waals surface area contributed by atoms with Gasteiger partial charge in [-0.05, 0) is 67.8 Å². The zero-order valence-corrected chi connectivity index (χ0v) is 15.5. The van der Waals surface area contributed by atoms with Gasteiger partial charge in [-0.15, -0.1) is 0 Å². The van der Waals surface area contributed by atoms with Gasteiger partial charge in [0.2, 0.25) is 0 Å². The number of aromatic nitrogens is 5. The quantitative estimate of drug-likeness (QED) is 0.464. The fourth-order valence-corrected chi connectivity index (χ4v) is 3.42. The molecule has 0 aliphatic rings. The molecule has 2 aromatic carbocycles. The van der Waals surface area contributed by atoms with Crippen molar-refractivity contribution in [2.45, 2.75) is 20.8 Å². The zero-order valence-electron chi connectivity index (χ0n) is 15.5. The number of rotatable bonds is 2. The average Bonchev–Trinajstić information content (AvgIpc) is 3.24. The molecule has 0 atom stereocenters. The summed E-state index contributed by atoms with van der Waals surface area (Å²) in [6, 6.07) is 14.7. The molecule has 132 valence electrons. The highest BCUT2D eigenvalue weighted by atomic mass is 14.9. The lowest BCUT2D eigenvalue weighted by molar-refractivity contribution is 1.14. The summed E-state index contributed by atoms with van der Waals surface area (Å²) in [6.45, 7) is 6.06. The fourth-order valence-electron chi connectivity index (χ4n) is 3.42. The molecule has 5 heteroatoms. The summed E-state index contributed by atoms with van der Waals surface area (Å²) in [4.78, 5) is 20.4. The standard InChI is InChI=1S/C22H19N5/c1-12-8-17(11-23-13(12)2)22-26-19-7-5-16(10-21(19)27-22)15-4-6-18-20(9-15)25-14(3)24-18/h4-11H,1-3H3,(H,24,25)(H,26,27). The molecule has 0 fully saturated rings. The molecule has 27 heavy (non-hydrogen) atoms. The van der Waals surface area contributed by atoms with E-state index in [1.165, 1.54) is 0 Å². The Morgan fingerprint density at radius 2 is 1.37 bits per heavy atom. The van der Waals surface area contributed by atoms with Crippen LogP contribution in [0.2, 0.25) is 0 Å². The minimum atomic E-state index is 0.845. The van der Waals surface area contributed by atoms with Crippen LogP contribution in [0.25, 0.3) is 44.6 Å². The first-order chi connectivity index (χ1) is 13.1. The van der Waals surface area contributed by atoms with E-state index in [2.05, 4.69) is 69.3 Å². The number of fused-ring (bicyclic) bond motifs is 2. The van der Waals surface area contributed by atoms with Crippen molar-refractivity contribution in [3.63, 3.8) is 0 Å². The summed E-state index contributed by atoms with van der Waals surface area (Å²) < 4.78 is 0. The third-order valence-electron chi connectivity index (χ3n) is 5.03. The molecule has 2 N–H and O–H groups in total. The van der Waals surface area contributed by atoms with E-state index in [1.54, 1.807) is 0 Å². The van der Waals surface area contributed by atoms with Gasteiger partial charge in [0.25, 0.3) is 0 Å². The van der Waals surface area contributed by atoms with Crippen LogP contribution < -0.4 is 0 Å². The van der Waals surface area contributed by atoms with Crippen molar-refractivity contribution in [1.82, 2.24) is 24.9 Å². The molecule has 3 heterocycles. The number of benzene rings is 2. The topological polar surface area (TPSA) is 70.2 Å². The number of aromatic amines is 2. The van der Waals surface area contributed by atoms with E-state index < -0.39 is 0 Å². The summed E-state index contributed by atoms with van der Waals surface area (Å²) >= 11 is 0. The second-order valence-electron chi connectivity index (χ2n) is 7.00. The number of pyridine rings is 1. The summed E-state index contributed by atoms with van der Waals surface area (Å²) in [5, 5.41) is 0. The number of imidazole rings is 2. The number of aryl methyl sites for hydroxylation is 3. The Labute approximate surface area is 156 Å². The van der Waals surface area contributed by atoms with Crippen molar-refractivity contribution in [3.8, 4) is 22.5 Å². The van der Waals surface area contributed by atoms with Crippen LogP contribution in [0.1, 0.15) is 17.1 Å². The summed E-state index contributed by atoms with van der Waals surface area (Å²) in [5.41, 5.74) is 9.51. The van der Waals surface area contributed by atoms with Gasteiger partial charge in [-0.3, -0.25) is 4.98 Å². The van der Waals surface area contributed by atoms with Gasteiger partial charge in [0.15, 0.2) is 0 Å². The normalized spacial score (nSPS) is 11.5. The van der Waals surface area contributed by atoms with Crippen LogP contribution in [0.15, 0.2) is 48.7 Å². The number of hydrogen-bond acceptors (Lipinski definition) is 3. The maximum Gasteiger partial charge on any atom is 0.140 e. The van der Waals surface area contributed by atoms with Crippen molar-refractivity contribution in [2.75, 3.05) is 0 Å². The molecule has 0 bridgehead atoms. The van der Waals surface area contributed by atoms with E-state index in [1.807, 2.05) is 20.0 Å². The van der Waals surface area contributed by atoms with Gasteiger partial charge in [0.1, 0.15) is 11.6 Å². The molecule has 0 saturated heterocycles. The maximum atomic E-state index is 4.73. The first-order valence-corrected chi connectivity index (χ1v) is 8.97. The largest absolute Gasteiger partial charge is 0.342 e. The monoisotopic (exact) mass is 353 g/mol. The molecule has 0 saturated carbocycles. The van der Waals surface area contributed by atoms with Gasteiger partial charge in [-0.2, -0.15) is 0 Å². The van der Waals surface area contributed by atoms with Crippen LogP contribution in [0, 0.1) is 20.8 Å². The molecule has 0 unspecified atom stereocenters. The van der Waals surface area contributed by atoms with Crippen molar-refractivity contribution < 1.29 is 0 Å². The number of H-pyrrole nitrogens is 2. The van der Waals surface area contributed by atoms with Gasteiger partial charge in [0.05, 0.1) is 22.1 Å². The summed E-state index contributed by atoms with van der Waals surface area (Å²) in [5.74, 6) is 1.77. The average molecular weight is 353 g/mol. The molecule has 3 aromatic heterocycles. The third-order valence-corrected chi connectivity index (χ3v) is 5.03. The first-order valence-electron chi connectivity index (χ1n) is 8.97. The van der Waals surface area contributed by atoms with Crippen molar-refractivity contribution in [2.24, 2.45) is 0 Å². The Morgan fingerprint density at radius 3 is 2.07 bits per heavy atom. The van der Waals surface area contributed by atoms with Crippen LogP contribution in [0.4, 0.5) is 0 Å². The zero-order chi connectivity index (χ0) is 18.5. The summed E-state index contributed by atoms with van der Waals surface area (Å²) in [7, 11) is 0. The van der Waals surface area contributed by atoms with E-state index in [4.69, 9.17) is 4.98 Å². The third kappa shape index (κ3) is 2.68. The van der Waals surface area contributed by atoms with E-state index in [-0.39, 0.29) is 0 Å². The van der Waals surface area contributed by atoms with Crippen molar-refractivity contribution >= 4 is 22.1 Å². The first kappa shape index (κ1) is 15.8. The van der Waals surface area contributed by atoms with E-state index in [9.17, 15) is 0 Å². The maximum absolute atomic E-state index is 4.73. The highest BCUT2D eigenvalue weighted by molar-refractivity contribution is 5.87. The van der Waals surface area contributed by atoms with Crippen LogP contribution in [-0.2, 0) is 0 Å². The molecule has 0 aliphatic carbocycles. The highest BCUT2D eigenvalue weighted by Crippen LogP contribution is 2.28. The Morgan fingerprint density at radius 1 is 0.704 bits per heavy atom. The van der Waals surface area contributed by atoms with Gasteiger partial charge >= 0.3 is 0 Å². The van der Waals surface area contributed by atoms with Crippen LogP contribution >= 0.6 is 0 Å². The molecule has 0 aliphatic heterocycles. The van der Waals surface area contributed by atoms with E-state index >= 15 is 0 Å². The lowest BCUT2D eigenvalue weighted by Crippen LogP contribution is -1.89. The summed E-state index contributed by atoms with van der Waals surface area (Å²) in [6.07, 6.45) is 1.87. The van der Waals surface area contributed by atoms with Crippen LogP contribution in [0.3, 0.4) is 0 Å². The molecule has 5 nitrogen and oxygen atoms in total. The SMILES string of the molecule is Cc1nc2ccc(-c3ccc4nc(-c5cnc(C)c(C)c5)[nH]c4c3)cc2[nH]1. The van der Waals surface area contributed by atoms with Gasteiger partial charge in [-0.1, -0.05) is 12.1 Å². The predicted molar refractivity (Wildman–Crippen MR) is 109 cm³/mol. The van der Waals surface area contributed by atoms with Gasteiger partial charge in [0, 0.05) is 17.5 Å².